The average Bonchev–Trinajstić information content (AvgIpc) is 3.24. The van der Waals surface area contributed by atoms with Gasteiger partial charge in [-0.3, -0.25) is 14.7 Å². The third kappa shape index (κ3) is 11.2. The normalized spacial score (nSPS) is 19.9. The molecule has 1 aromatic heterocycles. The number of benzene rings is 1. The molecule has 6 N–H and O–H groups in total. The van der Waals surface area contributed by atoms with E-state index in [2.05, 4.69) is 15.2 Å². The summed E-state index contributed by atoms with van der Waals surface area (Å²) in [6.07, 6.45) is -1.93. The first-order valence-electron chi connectivity index (χ1n) is 14.1. The Balaban J connectivity index is 0.000000319. The molecule has 1 amide bonds. The molecule has 3 rings (SSSR count). The summed E-state index contributed by atoms with van der Waals surface area (Å²) in [5.41, 5.74) is 6.47. The molecule has 1 fully saturated rings. The van der Waals surface area contributed by atoms with Crippen LogP contribution < -0.4 is 21.6 Å². The summed E-state index contributed by atoms with van der Waals surface area (Å²) in [7, 11) is 0. The number of unbranched alkanes of at least 4 members (excludes halogenated alkanes) is 2. The quantitative estimate of drug-likeness (QED) is 0.148. The van der Waals surface area contributed by atoms with Crippen LogP contribution in [0.15, 0.2) is 35.3 Å². The molecule has 1 saturated heterocycles. The second kappa shape index (κ2) is 18.7. The maximum Gasteiger partial charge on any atom is 0.412 e. The molecular formula is C28H40Cl2FN5O8. The van der Waals surface area contributed by atoms with E-state index in [0.29, 0.717) is 24.6 Å². The lowest BCUT2D eigenvalue weighted by Crippen LogP contribution is -2.36. The number of nitrogens with zero attached hydrogens (tertiary/aromatic N) is 3. The molecule has 2 aromatic rings. The van der Waals surface area contributed by atoms with Crippen LogP contribution in [0.2, 0.25) is 0 Å². The van der Waals surface area contributed by atoms with E-state index >= 15 is 0 Å². The number of carboxylic acids is 1. The van der Waals surface area contributed by atoms with Crippen LogP contribution >= 0.6 is 23.2 Å². The van der Waals surface area contributed by atoms with Crippen LogP contribution in [0.1, 0.15) is 44.9 Å². The molecule has 44 heavy (non-hydrogen) atoms. The van der Waals surface area contributed by atoms with Crippen molar-refractivity contribution in [2.75, 3.05) is 41.7 Å². The number of amides is 1. The second-order valence-corrected chi connectivity index (χ2v) is 10.7. The van der Waals surface area contributed by atoms with Crippen molar-refractivity contribution in [1.82, 2.24) is 9.55 Å². The standard InChI is InChI=1S/C15H22FN3O6.C13H18Cl2N2O2/c1-3-4-5-6-24-15(23)18-12-9(16)7-19(14(22)17-12)13-11(21)10(20)8(2)25-13;14-5-7-17(8-6-15)11-3-1-10(2-4-11)9-12(16)13(18)19/h7-8,10-11,13,20-21H,3-6H2,1-2H3,(H,17,18,22,23);1-4,12H,5-9,16H2,(H,18,19)/t8-,10-,11-,13-;12-/m10/s1. The zero-order valence-corrected chi connectivity index (χ0v) is 26.1. The van der Waals surface area contributed by atoms with Gasteiger partial charge < -0.3 is 35.4 Å². The largest absolute Gasteiger partial charge is 0.480 e. The Morgan fingerprint density at radius 2 is 1.82 bits per heavy atom. The SMILES string of the molecule is CCCCCOC(=O)Nc1nc(=O)n([C@@H]2O[C@H](C)[C@@H](O)[C@H]2O)cc1F.N[C@@H](Cc1ccc(N(CCCl)CCCl)cc1)C(=O)O. The number of nitrogens with two attached hydrogens (primary N) is 1. The number of alkyl halides is 2. The van der Waals surface area contributed by atoms with Gasteiger partial charge in [0.1, 0.15) is 18.2 Å². The number of aliphatic carboxylic acids is 1. The Morgan fingerprint density at radius 1 is 1.18 bits per heavy atom. The summed E-state index contributed by atoms with van der Waals surface area (Å²) in [4.78, 5) is 39.8. The molecule has 246 valence electrons. The number of nitrogens with one attached hydrogen (secondary N) is 1. The third-order valence-corrected chi connectivity index (χ3v) is 6.98. The highest BCUT2D eigenvalue weighted by Gasteiger charge is 2.42. The summed E-state index contributed by atoms with van der Waals surface area (Å²) >= 11 is 11.5. The van der Waals surface area contributed by atoms with Crippen molar-refractivity contribution in [3.05, 3.63) is 52.3 Å². The molecule has 1 aromatic carbocycles. The number of aliphatic hydroxyl groups is 2. The number of anilines is 2. The van der Waals surface area contributed by atoms with Gasteiger partial charge in [-0.2, -0.15) is 4.98 Å². The summed E-state index contributed by atoms with van der Waals surface area (Å²) in [5.74, 6) is -1.52. The van der Waals surface area contributed by atoms with Gasteiger partial charge >= 0.3 is 17.8 Å². The van der Waals surface area contributed by atoms with Crippen LogP contribution in [0.3, 0.4) is 0 Å². The number of rotatable bonds is 14. The fraction of sp³-hybridized carbons (Fsp3) is 0.571. The van der Waals surface area contributed by atoms with Crippen molar-refractivity contribution in [1.29, 1.82) is 0 Å². The number of ether oxygens (including phenoxy) is 2. The highest BCUT2D eigenvalue weighted by molar-refractivity contribution is 6.18. The van der Waals surface area contributed by atoms with Crippen molar-refractivity contribution in [2.24, 2.45) is 5.73 Å². The van der Waals surface area contributed by atoms with E-state index in [-0.39, 0.29) is 6.61 Å². The lowest BCUT2D eigenvalue weighted by Gasteiger charge is -2.23. The molecule has 0 spiro atoms. The van der Waals surface area contributed by atoms with Crippen molar-refractivity contribution < 1.29 is 38.8 Å². The Bertz CT molecular complexity index is 1250. The molecule has 1 aliphatic rings. The van der Waals surface area contributed by atoms with Gasteiger partial charge in [-0.1, -0.05) is 31.9 Å². The number of hydrogen-bond acceptors (Lipinski definition) is 10. The highest BCUT2D eigenvalue weighted by Crippen LogP contribution is 2.28. The van der Waals surface area contributed by atoms with E-state index < -0.39 is 60.0 Å². The van der Waals surface area contributed by atoms with Crippen LogP contribution in [0, 0.1) is 5.82 Å². The van der Waals surface area contributed by atoms with E-state index in [1.165, 1.54) is 6.92 Å². The topological polar surface area (TPSA) is 189 Å². The fourth-order valence-electron chi connectivity index (χ4n) is 4.18. The minimum Gasteiger partial charge on any atom is -0.480 e. The van der Waals surface area contributed by atoms with Crippen molar-refractivity contribution in [3.63, 3.8) is 0 Å². The molecule has 0 radical (unpaired) electrons. The molecule has 5 atom stereocenters. The summed E-state index contributed by atoms with van der Waals surface area (Å²) in [6, 6.07) is 6.76. The average molecular weight is 665 g/mol. The van der Waals surface area contributed by atoms with Gasteiger partial charge in [0.05, 0.1) is 18.9 Å². The van der Waals surface area contributed by atoms with E-state index in [9.17, 15) is 29.0 Å². The zero-order chi connectivity index (χ0) is 32.8. The molecule has 0 unspecified atom stereocenters. The highest BCUT2D eigenvalue weighted by atomic mass is 35.5. The fourth-order valence-corrected chi connectivity index (χ4v) is 4.59. The molecule has 13 nitrogen and oxygen atoms in total. The molecular weight excluding hydrogens is 624 g/mol. The van der Waals surface area contributed by atoms with Crippen LogP contribution in [-0.2, 0) is 20.7 Å². The van der Waals surface area contributed by atoms with Gasteiger partial charge in [-0.05, 0) is 37.5 Å². The minimum atomic E-state index is -1.41. The van der Waals surface area contributed by atoms with E-state index in [1.807, 2.05) is 31.2 Å². The van der Waals surface area contributed by atoms with Crippen LogP contribution in [0.5, 0.6) is 0 Å². The molecule has 16 heteroatoms. The molecule has 1 aliphatic heterocycles. The predicted molar refractivity (Wildman–Crippen MR) is 164 cm³/mol. The summed E-state index contributed by atoms with van der Waals surface area (Å²) in [6.45, 7) is 5.13. The molecule has 0 bridgehead atoms. The first kappa shape index (κ1) is 37.2. The second-order valence-electron chi connectivity index (χ2n) is 9.99. The summed E-state index contributed by atoms with van der Waals surface area (Å²) < 4.78 is 24.9. The van der Waals surface area contributed by atoms with Crippen LogP contribution in [0.25, 0.3) is 0 Å². The van der Waals surface area contributed by atoms with Crippen molar-refractivity contribution in [2.45, 2.75) is 70.1 Å². The Hall–Kier alpha value is -3.01. The third-order valence-electron chi connectivity index (χ3n) is 6.64. The van der Waals surface area contributed by atoms with Crippen molar-refractivity contribution >= 4 is 46.8 Å². The number of halogens is 3. The maximum absolute atomic E-state index is 14.1. The smallest absolute Gasteiger partial charge is 0.412 e. The number of aliphatic hydroxyl groups excluding tert-OH is 2. The van der Waals surface area contributed by atoms with Gasteiger partial charge in [-0.25, -0.2) is 14.0 Å². The molecule has 0 saturated carbocycles. The van der Waals surface area contributed by atoms with E-state index in [1.54, 1.807) is 0 Å². The number of carbonyl (C=O) groups is 2. The van der Waals surface area contributed by atoms with E-state index in [0.717, 1.165) is 47.9 Å². The molecule has 0 aliphatic carbocycles. The lowest BCUT2D eigenvalue weighted by atomic mass is 10.1. The first-order chi connectivity index (χ1) is 20.9. The van der Waals surface area contributed by atoms with Gasteiger partial charge in [0, 0.05) is 30.5 Å². The number of aromatic nitrogens is 2. The Morgan fingerprint density at radius 3 is 2.34 bits per heavy atom. The van der Waals surface area contributed by atoms with Gasteiger partial charge in [-0.15, -0.1) is 23.2 Å². The first-order valence-corrected chi connectivity index (χ1v) is 15.2. The molecule has 2 heterocycles. The van der Waals surface area contributed by atoms with E-state index in [4.69, 9.17) is 43.5 Å². The number of hydrogen-bond donors (Lipinski definition) is 5. The maximum atomic E-state index is 14.1. The van der Waals surface area contributed by atoms with Crippen LogP contribution in [-0.4, -0.2) is 92.7 Å². The van der Waals surface area contributed by atoms with Gasteiger partial charge in [0.15, 0.2) is 17.9 Å². The Labute approximate surface area is 264 Å². The van der Waals surface area contributed by atoms with Gasteiger partial charge in [0.2, 0.25) is 0 Å². The monoisotopic (exact) mass is 663 g/mol. The number of carboxylic acid groups (broad SMARTS) is 1. The lowest BCUT2D eigenvalue weighted by molar-refractivity contribution is -0.138. The minimum absolute atomic E-state index is 0.177. The van der Waals surface area contributed by atoms with Crippen LogP contribution in [0.4, 0.5) is 20.7 Å². The zero-order valence-electron chi connectivity index (χ0n) is 24.6. The van der Waals surface area contributed by atoms with Gasteiger partial charge in [0.25, 0.3) is 0 Å². The summed E-state index contributed by atoms with van der Waals surface area (Å²) in [5, 5.41) is 30.4. The predicted octanol–water partition coefficient (Wildman–Crippen LogP) is 2.69. The van der Waals surface area contributed by atoms with Crippen molar-refractivity contribution in [3.8, 4) is 0 Å². The number of carbonyl (C=O) groups excluding carboxylic acids is 1. The Kier molecular flexibility index (Phi) is 15.8.